The van der Waals surface area contributed by atoms with Crippen LogP contribution in [-0.4, -0.2) is 45.8 Å². The first kappa shape index (κ1) is 13.8. The summed E-state index contributed by atoms with van der Waals surface area (Å²) in [6, 6.07) is 0. The summed E-state index contributed by atoms with van der Waals surface area (Å²) in [5, 5.41) is 21.1. The van der Waals surface area contributed by atoms with Gasteiger partial charge in [0.15, 0.2) is 0 Å². The van der Waals surface area contributed by atoms with E-state index in [2.05, 4.69) is 27.7 Å². The van der Waals surface area contributed by atoms with E-state index in [1.807, 2.05) is 0 Å². The molecule has 2 aliphatic heterocycles. The molecule has 0 aromatic rings. The molecule has 3 rings (SSSR count). The molecule has 0 unspecified atom stereocenters. The Hall–Kier alpha value is -0.160. The van der Waals surface area contributed by atoms with E-state index in [4.69, 9.17) is 9.47 Å². The molecule has 7 atom stereocenters. The van der Waals surface area contributed by atoms with Crippen molar-refractivity contribution >= 4 is 0 Å². The topological polar surface area (TPSA) is 65.5 Å². The van der Waals surface area contributed by atoms with Crippen molar-refractivity contribution in [2.24, 2.45) is 11.8 Å². The summed E-state index contributed by atoms with van der Waals surface area (Å²) in [6.45, 7) is 8.23. The second-order valence-corrected chi connectivity index (χ2v) is 7.39. The van der Waals surface area contributed by atoms with E-state index < -0.39 is 12.2 Å². The van der Waals surface area contributed by atoms with E-state index in [0.717, 1.165) is 12.8 Å². The Bertz CT molecular complexity index is 371. The first-order chi connectivity index (χ1) is 8.77. The van der Waals surface area contributed by atoms with Crippen LogP contribution >= 0.6 is 0 Å². The van der Waals surface area contributed by atoms with Gasteiger partial charge in [0.2, 0.25) is 0 Å². The van der Waals surface area contributed by atoms with Crippen molar-refractivity contribution in [2.75, 3.05) is 0 Å². The van der Waals surface area contributed by atoms with Crippen molar-refractivity contribution in [3.05, 3.63) is 0 Å². The molecule has 19 heavy (non-hydrogen) atoms. The van der Waals surface area contributed by atoms with Crippen LogP contribution in [0.2, 0.25) is 0 Å². The van der Waals surface area contributed by atoms with Crippen LogP contribution in [0.25, 0.3) is 0 Å². The standard InChI is InChI=1S/C15H26O4/c1-8(2)11-9(16)7-15(4)10(18-15)5-6-14(3)13(19-14)12(11)17/h8-13,16-17H,5-7H2,1-4H3/t9-,10-,11-,12+,13-,14+,15+/m1/s1. The first-order valence-electron chi connectivity index (χ1n) is 7.49. The number of aliphatic hydroxyl groups excluding tert-OH is 2. The van der Waals surface area contributed by atoms with Gasteiger partial charge in [-0.25, -0.2) is 0 Å². The highest BCUT2D eigenvalue weighted by molar-refractivity contribution is 5.11. The summed E-state index contributed by atoms with van der Waals surface area (Å²) in [7, 11) is 0. The largest absolute Gasteiger partial charge is 0.393 e. The zero-order valence-electron chi connectivity index (χ0n) is 12.3. The van der Waals surface area contributed by atoms with Crippen LogP contribution in [0.15, 0.2) is 0 Å². The van der Waals surface area contributed by atoms with Crippen LogP contribution in [-0.2, 0) is 9.47 Å². The monoisotopic (exact) mass is 270 g/mol. The van der Waals surface area contributed by atoms with Crippen molar-refractivity contribution in [1.29, 1.82) is 0 Å². The predicted molar refractivity (Wildman–Crippen MR) is 70.7 cm³/mol. The molecular formula is C15H26O4. The summed E-state index contributed by atoms with van der Waals surface area (Å²) in [5.74, 6) is 0.0743. The second kappa shape index (κ2) is 4.17. The van der Waals surface area contributed by atoms with Gasteiger partial charge < -0.3 is 19.7 Å². The van der Waals surface area contributed by atoms with E-state index >= 15 is 0 Å². The van der Waals surface area contributed by atoms with Crippen LogP contribution in [0.3, 0.4) is 0 Å². The van der Waals surface area contributed by atoms with Crippen LogP contribution in [0.1, 0.15) is 47.0 Å². The molecule has 3 fully saturated rings. The molecule has 4 heteroatoms. The normalized spacial score (nSPS) is 57.3. The highest BCUT2D eigenvalue weighted by Crippen LogP contribution is 2.52. The molecular weight excluding hydrogens is 244 g/mol. The molecule has 0 spiro atoms. The number of hydrogen-bond donors (Lipinski definition) is 2. The molecule has 2 saturated heterocycles. The Morgan fingerprint density at radius 2 is 1.79 bits per heavy atom. The zero-order chi connectivity index (χ0) is 14.0. The average molecular weight is 270 g/mol. The maximum Gasteiger partial charge on any atom is 0.113 e. The van der Waals surface area contributed by atoms with Crippen molar-refractivity contribution in [1.82, 2.24) is 0 Å². The van der Waals surface area contributed by atoms with Crippen LogP contribution in [0.4, 0.5) is 0 Å². The second-order valence-electron chi connectivity index (χ2n) is 7.39. The summed E-state index contributed by atoms with van der Waals surface area (Å²) in [6.07, 6.45) is 1.49. The summed E-state index contributed by atoms with van der Waals surface area (Å²) in [4.78, 5) is 0. The molecule has 1 saturated carbocycles. The number of ether oxygens (including phenoxy) is 2. The Morgan fingerprint density at radius 3 is 2.42 bits per heavy atom. The van der Waals surface area contributed by atoms with Gasteiger partial charge in [-0.3, -0.25) is 0 Å². The fourth-order valence-electron chi connectivity index (χ4n) is 3.96. The highest BCUT2D eigenvalue weighted by atomic mass is 16.6. The van der Waals surface area contributed by atoms with Gasteiger partial charge in [0.05, 0.1) is 29.5 Å². The number of hydrogen-bond acceptors (Lipinski definition) is 4. The highest BCUT2D eigenvalue weighted by Gasteiger charge is 2.62. The maximum absolute atomic E-state index is 10.6. The lowest BCUT2D eigenvalue weighted by molar-refractivity contribution is -0.0347. The lowest BCUT2D eigenvalue weighted by Gasteiger charge is -2.32. The maximum atomic E-state index is 10.6. The van der Waals surface area contributed by atoms with E-state index in [-0.39, 0.29) is 35.2 Å². The molecule has 0 amide bonds. The van der Waals surface area contributed by atoms with E-state index in [1.54, 1.807) is 0 Å². The molecule has 0 radical (unpaired) electrons. The number of epoxide rings is 2. The van der Waals surface area contributed by atoms with Gasteiger partial charge in [-0.05, 0) is 32.6 Å². The van der Waals surface area contributed by atoms with Crippen LogP contribution < -0.4 is 0 Å². The fourth-order valence-corrected chi connectivity index (χ4v) is 3.96. The third kappa shape index (κ3) is 2.23. The minimum atomic E-state index is -0.584. The van der Waals surface area contributed by atoms with Crippen molar-refractivity contribution in [3.63, 3.8) is 0 Å². The number of aliphatic hydroxyl groups is 2. The molecule has 3 aliphatic rings. The Balaban J connectivity index is 1.83. The molecule has 1 aliphatic carbocycles. The van der Waals surface area contributed by atoms with Gasteiger partial charge in [0.25, 0.3) is 0 Å². The third-order valence-corrected chi connectivity index (χ3v) is 5.41. The zero-order valence-corrected chi connectivity index (χ0v) is 12.3. The molecule has 0 aromatic heterocycles. The van der Waals surface area contributed by atoms with Crippen molar-refractivity contribution in [2.45, 2.75) is 82.6 Å². The summed E-state index contributed by atoms with van der Waals surface area (Å²) >= 11 is 0. The fraction of sp³-hybridized carbons (Fsp3) is 1.00. The lowest BCUT2D eigenvalue weighted by Crippen LogP contribution is -2.43. The third-order valence-electron chi connectivity index (χ3n) is 5.41. The van der Waals surface area contributed by atoms with Gasteiger partial charge in [0, 0.05) is 12.3 Å². The Labute approximate surface area is 115 Å². The predicted octanol–water partition coefficient (Wildman–Crippen LogP) is 1.48. The van der Waals surface area contributed by atoms with E-state index in [9.17, 15) is 10.2 Å². The minimum absolute atomic E-state index is 0.127. The van der Waals surface area contributed by atoms with Crippen molar-refractivity contribution < 1.29 is 19.7 Å². The molecule has 2 heterocycles. The van der Waals surface area contributed by atoms with Gasteiger partial charge in [-0.2, -0.15) is 0 Å². The Kier molecular flexibility index (Phi) is 3.03. The van der Waals surface area contributed by atoms with Gasteiger partial charge in [-0.1, -0.05) is 13.8 Å². The quantitative estimate of drug-likeness (QED) is 0.708. The molecule has 2 N–H and O–H groups in total. The lowest BCUT2D eigenvalue weighted by atomic mass is 9.76. The Morgan fingerprint density at radius 1 is 1.11 bits per heavy atom. The van der Waals surface area contributed by atoms with Gasteiger partial charge in [-0.15, -0.1) is 0 Å². The summed E-state index contributed by atoms with van der Waals surface area (Å²) in [5.41, 5.74) is -0.430. The molecule has 4 nitrogen and oxygen atoms in total. The molecule has 110 valence electrons. The van der Waals surface area contributed by atoms with Gasteiger partial charge >= 0.3 is 0 Å². The van der Waals surface area contributed by atoms with Crippen molar-refractivity contribution in [3.8, 4) is 0 Å². The SMILES string of the molecule is CC(C)[C@H]1[C@H](O)[C@H]2O[C@@]2(C)CC[C@H]2O[C@@]2(C)C[C@H]1O. The number of rotatable bonds is 1. The van der Waals surface area contributed by atoms with Crippen LogP contribution in [0.5, 0.6) is 0 Å². The number of fused-ring (bicyclic) bond motifs is 2. The van der Waals surface area contributed by atoms with E-state index in [0.29, 0.717) is 6.42 Å². The van der Waals surface area contributed by atoms with Gasteiger partial charge in [0.1, 0.15) is 6.10 Å². The molecule has 0 bridgehead atoms. The first-order valence-corrected chi connectivity index (χ1v) is 7.49. The average Bonchev–Trinajstić information content (AvgIpc) is 3.12. The smallest absolute Gasteiger partial charge is 0.113 e. The van der Waals surface area contributed by atoms with Crippen LogP contribution in [0, 0.1) is 11.8 Å². The minimum Gasteiger partial charge on any atom is -0.393 e. The van der Waals surface area contributed by atoms with E-state index in [1.165, 1.54) is 0 Å². The molecule has 0 aromatic carbocycles. The summed E-state index contributed by atoms with van der Waals surface area (Å²) < 4.78 is 11.5.